The van der Waals surface area contributed by atoms with Crippen LogP contribution in [0.5, 0.6) is 0 Å². The van der Waals surface area contributed by atoms with Gasteiger partial charge in [0.25, 0.3) is 11.8 Å². The van der Waals surface area contributed by atoms with Crippen LogP contribution in [0.4, 0.5) is 15.2 Å². The van der Waals surface area contributed by atoms with E-state index in [0.717, 1.165) is 4.90 Å². The molecule has 1 heterocycles. The predicted molar refractivity (Wildman–Crippen MR) is 149 cm³/mol. The lowest BCUT2D eigenvalue weighted by atomic mass is 10.1. The van der Waals surface area contributed by atoms with Gasteiger partial charge in [0.05, 0.1) is 5.25 Å². The Bertz CT molecular complexity index is 1440. The summed E-state index contributed by atoms with van der Waals surface area (Å²) in [4.78, 5) is 43.1. The zero-order chi connectivity index (χ0) is 26.9. The van der Waals surface area contributed by atoms with E-state index >= 15 is 0 Å². The summed E-state index contributed by atoms with van der Waals surface area (Å²) in [5.41, 5.74) is 0.861. The van der Waals surface area contributed by atoms with E-state index in [1.165, 1.54) is 47.4 Å². The highest BCUT2D eigenvalue weighted by Gasteiger charge is 2.17. The highest BCUT2D eigenvalue weighted by atomic mass is 32.2. The molecule has 3 aromatic carbocycles. The van der Waals surface area contributed by atoms with Crippen molar-refractivity contribution in [2.75, 3.05) is 10.6 Å². The molecule has 3 amide bonds. The Labute approximate surface area is 227 Å². The van der Waals surface area contributed by atoms with Gasteiger partial charge >= 0.3 is 0 Å². The maximum absolute atomic E-state index is 14.3. The molecule has 0 saturated heterocycles. The third-order valence-electron chi connectivity index (χ3n) is 5.19. The fourth-order valence-corrected chi connectivity index (χ4v) is 4.65. The zero-order valence-electron chi connectivity index (χ0n) is 20.2. The lowest BCUT2D eigenvalue weighted by Crippen LogP contribution is -2.30. The van der Waals surface area contributed by atoms with Gasteiger partial charge in [-0.05, 0) is 55.5 Å². The van der Waals surface area contributed by atoms with Crippen LogP contribution in [0.3, 0.4) is 0 Å². The van der Waals surface area contributed by atoms with E-state index in [4.69, 9.17) is 0 Å². The Morgan fingerprint density at radius 1 is 0.947 bits per heavy atom. The van der Waals surface area contributed by atoms with Gasteiger partial charge in [0, 0.05) is 33.3 Å². The summed E-state index contributed by atoms with van der Waals surface area (Å²) in [6.07, 6.45) is 2.91. The van der Waals surface area contributed by atoms with Crippen molar-refractivity contribution in [1.82, 2.24) is 10.3 Å². The van der Waals surface area contributed by atoms with Gasteiger partial charge in [-0.15, -0.1) is 23.1 Å². The number of carbonyl (C=O) groups is 3. The Morgan fingerprint density at radius 3 is 2.34 bits per heavy atom. The summed E-state index contributed by atoms with van der Waals surface area (Å²) < 4.78 is 14.3. The average Bonchev–Trinajstić information content (AvgIpc) is 3.44. The lowest BCUT2D eigenvalue weighted by molar-refractivity contribution is -0.115. The number of rotatable bonds is 9. The SMILES string of the molecule is CC(Sc1ccc(NC(=O)/C(=C/c2ccccc2F)NC(=O)c2ccccc2)cc1)C(=O)Nc1nccs1. The van der Waals surface area contributed by atoms with Crippen LogP contribution in [0.2, 0.25) is 0 Å². The van der Waals surface area contributed by atoms with Crippen molar-refractivity contribution < 1.29 is 18.8 Å². The number of amides is 3. The summed E-state index contributed by atoms with van der Waals surface area (Å²) in [5, 5.41) is 10.0. The molecule has 0 fully saturated rings. The van der Waals surface area contributed by atoms with Gasteiger partial charge in [-0.1, -0.05) is 36.4 Å². The average molecular weight is 547 g/mol. The van der Waals surface area contributed by atoms with Crippen molar-refractivity contribution in [2.24, 2.45) is 0 Å². The highest BCUT2D eigenvalue weighted by molar-refractivity contribution is 8.00. The second-order valence-corrected chi connectivity index (χ2v) is 10.3. The monoisotopic (exact) mass is 546 g/mol. The first kappa shape index (κ1) is 26.8. The van der Waals surface area contributed by atoms with Crippen molar-refractivity contribution in [3.8, 4) is 0 Å². The Morgan fingerprint density at radius 2 is 1.66 bits per heavy atom. The Hall–Kier alpha value is -4.28. The molecule has 1 atom stereocenters. The minimum atomic E-state index is -0.617. The van der Waals surface area contributed by atoms with Crippen molar-refractivity contribution in [2.45, 2.75) is 17.1 Å². The van der Waals surface area contributed by atoms with Crippen LogP contribution in [0.25, 0.3) is 6.08 Å². The van der Waals surface area contributed by atoms with E-state index in [2.05, 4.69) is 20.9 Å². The molecule has 0 saturated carbocycles. The quantitative estimate of drug-likeness (QED) is 0.182. The summed E-state index contributed by atoms with van der Waals surface area (Å²) in [5.74, 6) is -1.81. The van der Waals surface area contributed by atoms with Crippen LogP contribution in [0.1, 0.15) is 22.8 Å². The number of nitrogens with zero attached hydrogens (tertiary/aromatic N) is 1. The third kappa shape index (κ3) is 7.37. The molecular weight excluding hydrogens is 523 g/mol. The molecular formula is C28H23FN4O3S2. The van der Waals surface area contributed by atoms with Gasteiger partial charge in [0.2, 0.25) is 5.91 Å². The van der Waals surface area contributed by atoms with Crippen LogP contribution in [0, 0.1) is 5.82 Å². The van der Waals surface area contributed by atoms with Gasteiger partial charge in [-0.25, -0.2) is 9.37 Å². The number of nitrogens with one attached hydrogen (secondary N) is 3. The van der Waals surface area contributed by atoms with E-state index in [9.17, 15) is 18.8 Å². The van der Waals surface area contributed by atoms with Crippen molar-refractivity contribution in [1.29, 1.82) is 0 Å². The van der Waals surface area contributed by atoms with E-state index in [-0.39, 0.29) is 22.4 Å². The largest absolute Gasteiger partial charge is 0.321 e. The molecule has 0 aliphatic heterocycles. The second-order valence-electron chi connectivity index (χ2n) is 7.96. The Balaban J connectivity index is 1.45. The van der Waals surface area contributed by atoms with Gasteiger partial charge < -0.3 is 16.0 Å². The summed E-state index contributed by atoms with van der Waals surface area (Å²) >= 11 is 2.70. The van der Waals surface area contributed by atoms with E-state index < -0.39 is 17.6 Å². The first-order valence-corrected chi connectivity index (χ1v) is 13.3. The number of halogens is 1. The lowest BCUT2D eigenvalue weighted by Gasteiger charge is -2.13. The molecule has 0 spiro atoms. The smallest absolute Gasteiger partial charge is 0.272 e. The molecule has 7 nitrogen and oxygen atoms in total. The minimum absolute atomic E-state index is 0.116. The van der Waals surface area contributed by atoms with Crippen molar-refractivity contribution >= 4 is 57.7 Å². The molecule has 0 aliphatic rings. The van der Waals surface area contributed by atoms with E-state index in [1.807, 2.05) is 0 Å². The summed E-state index contributed by atoms with van der Waals surface area (Å²) in [7, 11) is 0. The number of anilines is 2. The predicted octanol–water partition coefficient (Wildman–Crippen LogP) is 5.81. The zero-order valence-corrected chi connectivity index (χ0v) is 21.8. The number of benzene rings is 3. The standard InChI is InChI=1S/C28H23FN4O3S2/c1-18(25(34)33-28-30-15-16-37-28)38-22-13-11-21(12-14-22)31-27(36)24(17-20-9-5-6-10-23(20)29)32-26(35)19-7-3-2-4-8-19/h2-18H,1H3,(H,31,36)(H,32,35)(H,30,33,34)/b24-17-. The molecule has 192 valence electrons. The van der Waals surface area contributed by atoms with E-state index in [1.54, 1.807) is 79.2 Å². The maximum Gasteiger partial charge on any atom is 0.272 e. The minimum Gasteiger partial charge on any atom is -0.321 e. The Kier molecular flexibility index (Phi) is 9.02. The second kappa shape index (κ2) is 12.8. The van der Waals surface area contributed by atoms with Crippen LogP contribution < -0.4 is 16.0 Å². The molecule has 3 N–H and O–H groups in total. The summed E-state index contributed by atoms with van der Waals surface area (Å²) in [6.45, 7) is 1.79. The van der Waals surface area contributed by atoms with Crippen LogP contribution in [0.15, 0.2) is 101 Å². The molecule has 38 heavy (non-hydrogen) atoms. The first-order valence-electron chi connectivity index (χ1n) is 11.5. The number of aromatic nitrogens is 1. The molecule has 0 radical (unpaired) electrons. The number of hydrogen-bond acceptors (Lipinski definition) is 6. The fourth-order valence-electron chi connectivity index (χ4n) is 3.26. The summed E-state index contributed by atoms with van der Waals surface area (Å²) in [6, 6.07) is 21.3. The van der Waals surface area contributed by atoms with Crippen LogP contribution in [-0.4, -0.2) is 28.0 Å². The number of carbonyl (C=O) groups excluding carboxylic acids is 3. The molecule has 10 heteroatoms. The molecule has 4 aromatic rings. The van der Waals surface area contributed by atoms with Crippen molar-refractivity contribution in [3.05, 3.63) is 113 Å². The van der Waals surface area contributed by atoms with Gasteiger partial charge in [0.15, 0.2) is 5.13 Å². The van der Waals surface area contributed by atoms with Gasteiger partial charge in [-0.3, -0.25) is 14.4 Å². The van der Waals surface area contributed by atoms with E-state index in [0.29, 0.717) is 16.4 Å². The molecule has 0 aliphatic carbocycles. The van der Waals surface area contributed by atoms with Crippen LogP contribution >= 0.6 is 23.1 Å². The van der Waals surface area contributed by atoms with Gasteiger partial charge in [0.1, 0.15) is 11.5 Å². The topological polar surface area (TPSA) is 100 Å². The van der Waals surface area contributed by atoms with Crippen molar-refractivity contribution in [3.63, 3.8) is 0 Å². The molecule has 1 unspecified atom stereocenters. The fraction of sp³-hybridized carbons (Fsp3) is 0.0714. The molecule has 0 bridgehead atoms. The van der Waals surface area contributed by atoms with Crippen LogP contribution in [-0.2, 0) is 9.59 Å². The first-order chi connectivity index (χ1) is 18.4. The number of hydrogen-bond donors (Lipinski definition) is 3. The number of thiazole rings is 1. The highest BCUT2D eigenvalue weighted by Crippen LogP contribution is 2.26. The molecule has 4 rings (SSSR count). The maximum atomic E-state index is 14.3. The normalized spacial score (nSPS) is 11.9. The molecule has 1 aromatic heterocycles. The van der Waals surface area contributed by atoms with Gasteiger partial charge in [-0.2, -0.15) is 0 Å². The number of thioether (sulfide) groups is 1. The third-order valence-corrected chi connectivity index (χ3v) is 6.99.